The molecule has 32 heavy (non-hydrogen) atoms. The van der Waals surface area contributed by atoms with Gasteiger partial charge >= 0.3 is 0 Å². The van der Waals surface area contributed by atoms with Crippen LogP contribution in [-0.4, -0.2) is 5.97 Å². The SMILES string of the molecule is CCCCCCCCCCCCCCCCCCCCCCC(CC)(CCCC)C(=O)[O-]. The molecule has 0 aromatic rings. The molecule has 1 atom stereocenters. The van der Waals surface area contributed by atoms with Crippen molar-refractivity contribution in [3.8, 4) is 0 Å². The highest BCUT2D eigenvalue weighted by Crippen LogP contribution is 2.34. The van der Waals surface area contributed by atoms with Crippen LogP contribution >= 0.6 is 0 Å². The molecule has 0 saturated carbocycles. The van der Waals surface area contributed by atoms with E-state index in [9.17, 15) is 9.90 Å². The fraction of sp³-hybridized carbons (Fsp3) is 0.967. The van der Waals surface area contributed by atoms with E-state index in [0.717, 1.165) is 32.1 Å². The molecule has 0 heterocycles. The number of hydrogen-bond donors (Lipinski definition) is 0. The highest BCUT2D eigenvalue weighted by molar-refractivity contribution is 5.72. The van der Waals surface area contributed by atoms with E-state index in [4.69, 9.17) is 0 Å². The molecule has 0 aliphatic carbocycles. The normalized spacial score (nSPS) is 13.3. The Balaban J connectivity index is 3.38. The van der Waals surface area contributed by atoms with Crippen LogP contribution in [0.5, 0.6) is 0 Å². The van der Waals surface area contributed by atoms with Gasteiger partial charge in [-0.05, 0) is 19.3 Å². The first-order chi connectivity index (χ1) is 15.6. The maximum atomic E-state index is 11.7. The summed E-state index contributed by atoms with van der Waals surface area (Å²) < 4.78 is 0. The van der Waals surface area contributed by atoms with Crippen LogP contribution in [0.25, 0.3) is 0 Å². The molecule has 0 aliphatic heterocycles. The Hall–Kier alpha value is -0.530. The van der Waals surface area contributed by atoms with Crippen LogP contribution in [0, 0.1) is 5.41 Å². The Kier molecular flexibility index (Phi) is 23.2. The van der Waals surface area contributed by atoms with Crippen LogP contribution in [0.15, 0.2) is 0 Å². The van der Waals surface area contributed by atoms with E-state index in [2.05, 4.69) is 13.8 Å². The summed E-state index contributed by atoms with van der Waals surface area (Å²) in [6.07, 6.45) is 32.0. The number of hydrogen-bond acceptors (Lipinski definition) is 2. The van der Waals surface area contributed by atoms with Gasteiger partial charge in [0.15, 0.2) is 0 Å². The lowest BCUT2D eigenvalue weighted by atomic mass is 9.76. The molecule has 0 radical (unpaired) electrons. The van der Waals surface area contributed by atoms with Crippen LogP contribution in [0.3, 0.4) is 0 Å². The fourth-order valence-corrected chi connectivity index (χ4v) is 5.06. The monoisotopic (exact) mass is 451 g/mol. The van der Waals surface area contributed by atoms with E-state index in [1.54, 1.807) is 0 Å². The van der Waals surface area contributed by atoms with Crippen LogP contribution in [0.2, 0.25) is 0 Å². The topological polar surface area (TPSA) is 40.1 Å². The first-order valence-electron chi connectivity index (χ1n) is 14.8. The van der Waals surface area contributed by atoms with Gasteiger partial charge in [0.1, 0.15) is 0 Å². The molecule has 0 rings (SSSR count). The molecule has 192 valence electrons. The number of carbonyl (C=O) groups is 1. The van der Waals surface area contributed by atoms with Gasteiger partial charge in [-0.15, -0.1) is 0 Å². The van der Waals surface area contributed by atoms with Crippen LogP contribution < -0.4 is 5.11 Å². The number of carbonyl (C=O) groups excluding carboxylic acids is 1. The third-order valence-corrected chi connectivity index (χ3v) is 7.63. The average molecular weight is 452 g/mol. The van der Waals surface area contributed by atoms with Crippen molar-refractivity contribution in [3.63, 3.8) is 0 Å². The van der Waals surface area contributed by atoms with E-state index in [1.165, 1.54) is 122 Å². The molecule has 0 aromatic heterocycles. The van der Waals surface area contributed by atoms with Gasteiger partial charge in [0, 0.05) is 11.4 Å². The third-order valence-electron chi connectivity index (χ3n) is 7.63. The zero-order valence-corrected chi connectivity index (χ0v) is 22.5. The van der Waals surface area contributed by atoms with E-state index in [0.29, 0.717) is 6.42 Å². The molecule has 0 aromatic carbocycles. The lowest BCUT2D eigenvalue weighted by molar-refractivity contribution is -0.320. The van der Waals surface area contributed by atoms with Gasteiger partial charge in [0.25, 0.3) is 0 Å². The lowest BCUT2D eigenvalue weighted by Gasteiger charge is -2.34. The zero-order valence-electron chi connectivity index (χ0n) is 22.5. The van der Waals surface area contributed by atoms with Gasteiger partial charge in [-0.25, -0.2) is 0 Å². The standard InChI is InChI=1S/C30H60O2/c1-4-7-9-10-11-12-13-14-15-16-17-18-19-20-21-22-23-24-25-26-28-30(6-3,29(31)32)27-8-5-2/h4-28H2,1-3H3,(H,31,32)/p-1. The van der Waals surface area contributed by atoms with Crippen molar-refractivity contribution < 1.29 is 9.90 Å². The predicted octanol–water partition coefficient (Wildman–Crippen LogP) is 9.53. The summed E-state index contributed by atoms with van der Waals surface area (Å²) in [5, 5.41) is 11.7. The molecule has 0 amide bonds. The number of carboxylic acid groups (broad SMARTS) is 1. The summed E-state index contributed by atoms with van der Waals surface area (Å²) in [6, 6.07) is 0. The van der Waals surface area contributed by atoms with Gasteiger partial charge in [0.2, 0.25) is 0 Å². The van der Waals surface area contributed by atoms with E-state index >= 15 is 0 Å². The van der Waals surface area contributed by atoms with E-state index in [1.807, 2.05) is 6.92 Å². The van der Waals surface area contributed by atoms with Gasteiger partial charge in [-0.2, -0.15) is 0 Å². The number of rotatable bonds is 26. The van der Waals surface area contributed by atoms with Gasteiger partial charge in [0.05, 0.1) is 0 Å². The van der Waals surface area contributed by atoms with Crippen molar-refractivity contribution in [1.29, 1.82) is 0 Å². The summed E-state index contributed by atoms with van der Waals surface area (Å²) in [5.41, 5.74) is -0.565. The molecule has 0 aliphatic rings. The summed E-state index contributed by atoms with van der Waals surface area (Å²) in [6.45, 7) is 6.44. The second-order valence-electron chi connectivity index (χ2n) is 10.5. The quantitative estimate of drug-likeness (QED) is 0.123. The minimum absolute atomic E-state index is 0.565. The zero-order chi connectivity index (χ0) is 23.8. The van der Waals surface area contributed by atoms with Crippen LogP contribution in [-0.2, 0) is 4.79 Å². The summed E-state index contributed by atoms with van der Waals surface area (Å²) in [7, 11) is 0. The van der Waals surface area contributed by atoms with Gasteiger partial charge < -0.3 is 9.90 Å². The molecule has 0 saturated heterocycles. The molecule has 0 N–H and O–H groups in total. The van der Waals surface area contributed by atoms with Crippen LogP contribution in [0.1, 0.15) is 181 Å². The van der Waals surface area contributed by atoms with E-state index in [-0.39, 0.29) is 0 Å². The maximum absolute atomic E-state index is 11.7. The molecule has 2 nitrogen and oxygen atoms in total. The first-order valence-corrected chi connectivity index (χ1v) is 14.8. The molecule has 1 unspecified atom stereocenters. The number of carboxylic acids is 1. The van der Waals surface area contributed by atoms with Crippen molar-refractivity contribution in [3.05, 3.63) is 0 Å². The van der Waals surface area contributed by atoms with Crippen molar-refractivity contribution >= 4 is 5.97 Å². The molecule has 0 fully saturated rings. The Labute approximate surface area is 202 Å². The Morgan fingerprint density at radius 3 is 1.03 bits per heavy atom. The molecule has 0 spiro atoms. The van der Waals surface area contributed by atoms with Crippen LogP contribution in [0.4, 0.5) is 0 Å². The molecule has 2 heteroatoms. The summed E-state index contributed by atoms with van der Waals surface area (Å²) >= 11 is 0. The maximum Gasteiger partial charge on any atom is 0.0476 e. The van der Waals surface area contributed by atoms with Gasteiger partial charge in [-0.1, -0.05) is 162 Å². The van der Waals surface area contributed by atoms with E-state index < -0.39 is 11.4 Å². The Morgan fingerprint density at radius 2 is 0.750 bits per heavy atom. The second-order valence-corrected chi connectivity index (χ2v) is 10.5. The predicted molar refractivity (Wildman–Crippen MR) is 140 cm³/mol. The second kappa shape index (κ2) is 23.6. The third kappa shape index (κ3) is 18.0. The number of aliphatic carboxylic acids is 1. The van der Waals surface area contributed by atoms with Crippen molar-refractivity contribution in [1.82, 2.24) is 0 Å². The molecular formula is C30H59O2-. The lowest BCUT2D eigenvalue weighted by Crippen LogP contribution is -2.42. The number of unbranched alkanes of at least 4 members (excludes halogenated alkanes) is 20. The minimum atomic E-state index is -0.814. The first kappa shape index (κ1) is 31.5. The van der Waals surface area contributed by atoms with Crippen molar-refractivity contribution in [2.45, 2.75) is 181 Å². The molecule has 0 bridgehead atoms. The van der Waals surface area contributed by atoms with Crippen molar-refractivity contribution in [2.24, 2.45) is 5.41 Å². The average Bonchev–Trinajstić information content (AvgIpc) is 2.79. The Morgan fingerprint density at radius 1 is 0.469 bits per heavy atom. The molecular weight excluding hydrogens is 392 g/mol. The largest absolute Gasteiger partial charge is 0.550 e. The summed E-state index contributed by atoms with van der Waals surface area (Å²) in [4.78, 5) is 11.7. The highest BCUT2D eigenvalue weighted by atomic mass is 16.4. The summed E-state index contributed by atoms with van der Waals surface area (Å²) in [5.74, 6) is -0.814. The highest BCUT2D eigenvalue weighted by Gasteiger charge is 2.28. The smallest absolute Gasteiger partial charge is 0.0476 e. The minimum Gasteiger partial charge on any atom is -0.550 e. The van der Waals surface area contributed by atoms with Gasteiger partial charge in [-0.3, -0.25) is 0 Å². The van der Waals surface area contributed by atoms with Crippen molar-refractivity contribution in [2.75, 3.05) is 0 Å². The fourth-order valence-electron chi connectivity index (χ4n) is 5.06. The Bertz CT molecular complexity index is 392.